The highest BCUT2D eigenvalue weighted by Crippen LogP contribution is 2.13. The summed E-state index contributed by atoms with van der Waals surface area (Å²) in [7, 11) is 0. The molecule has 1 aromatic carbocycles. The van der Waals surface area contributed by atoms with Crippen LogP contribution in [0.2, 0.25) is 0 Å². The molecule has 1 aromatic rings. The molecule has 1 aliphatic rings. The minimum absolute atomic E-state index is 0.107. The molecule has 1 heterocycles. The van der Waals surface area contributed by atoms with Gasteiger partial charge in [0.2, 0.25) is 5.91 Å². The van der Waals surface area contributed by atoms with Crippen molar-refractivity contribution in [1.82, 2.24) is 10.6 Å². The number of amides is 2. The summed E-state index contributed by atoms with van der Waals surface area (Å²) < 4.78 is 0. The van der Waals surface area contributed by atoms with Crippen LogP contribution in [0.5, 0.6) is 0 Å². The summed E-state index contributed by atoms with van der Waals surface area (Å²) in [6, 6.07) is 6.39. The molecular formula is C15H21N3O2. The van der Waals surface area contributed by atoms with E-state index >= 15 is 0 Å². The average Bonchev–Trinajstić information content (AvgIpc) is 2.48. The number of piperidine rings is 1. The van der Waals surface area contributed by atoms with Gasteiger partial charge in [-0.3, -0.25) is 9.59 Å². The number of rotatable bonds is 5. The lowest BCUT2D eigenvalue weighted by Crippen LogP contribution is -2.33. The molecule has 0 radical (unpaired) electrons. The number of hydrogen-bond acceptors (Lipinski definition) is 3. The second-order valence-electron chi connectivity index (χ2n) is 5.20. The zero-order valence-electron chi connectivity index (χ0n) is 11.5. The molecule has 0 spiro atoms. The van der Waals surface area contributed by atoms with E-state index in [-0.39, 0.29) is 5.91 Å². The fraction of sp³-hybridized carbons (Fsp3) is 0.467. The van der Waals surface area contributed by atoms with Gasteiger partial charge in [0.1, 0.15) is 0 Å². The van der Waals surface area contributed by atoms with Gasteiger partial charge >= 0.3 is 0 Å². The van der Waals surface area contributed by atoms with Crippen LogP contribution in [0.3, 0.4) is 0 Å². The van der Waals surface area contributed by atoms with Gasteiger partial charge in [-0.25, -0.2) is 0 Å². The van der Waals surface area contributed by atoms with Crippen molar-refractivity contribution in [3.63, 3.8) is 0 Å². The summed E-state index contributed by atoms with van der Waals surface area (Å²) in [4.78, 5) is 22.9. The minimum atomic E-state index is -0.484. The smallest absolute Gasteiger partial charge is 0.251 e. The Hall–Kier alpha value is -1.88. The second kappa shape index (κ2) is 7.05. The van der Waals surface area contributed by atoms with Crippen molar-refractivity contribution >= 4 is 11.8 Å². The van der Waals surface area contributed by atoms with E-state index in [9.17, 15) is 9.59 Å². The molecule has 108 valence electrons. The van der Waals surface area contributed by atoms with Crippen LogP contribution in [0.1, 0.15) is 40.0 Å². The molecule has 1 aliphatic heterocycles. The third-order valence-electron chi connectivity index (χ3n) is 3.67. The van der Waals surface area contributed by atoms with E-state index in [2.05, 4.69) is 10.6 Å². The molecule has 1 atom stereocenters. The van der Waals surface area contributed by atoms with Crippen LogP contribution >= 0.6 is 0 Å². The van der Waals surface area contributed by atoms with Crippen LogP contribution in [0.15, 0.2) is 24.3 Å². The van der Waals surface area contributed by atoms with Crippen LogP contribution < -0.4 is 16.4 Å². The van der Waals surface area contributed by atoms with E-state index in [1.54, 1.807) is 24.3 Å². The Kier molecular flexibility index (Phi) is 5.12. The number of carbonyl (C=O) groups is 2. The fourth-order valence-electron chi connectivity index (χ4n) is 2.45. The highest BCUT2D eigenvalue weighted by molar-refractivity contribution is 5.97. The number of benzene rings is 1. The van der Waals surface area contributed by atoms with Crippen molar-refractivity contribution in [2.24, 2.45) is 11.7 Å². The summed E-state index contributed by atoms with van der Waals surface area (Å²) in [5.74, 6) is 0.0628. The van der Waals surface area contributed by atoms with Gasteiger partial charge in [0.05, 0.1) is 0 Å². The van der Waals surface area contributed by atoms with Crippen LogP contribution in [-0.4, -0.2) is 31.4 Å². The number of nitrogens with two attached hydrogens (primary N) is 1. The monoisotopic (exact) mass is 275 g/mol. The van der Waals surface area contributed by atoms with E-state index in [0.29, 0.717) is 23.6 Å². The minimum Gasteiger partial charge on any atom is -0.366 e. The van der Waals surface area contributed by atoms with Crippen LogP contribution in [0, 0.1) is 5.92 Å². The molecule has 5 nitrogen and oxygen atoms in total. The normalized spacial score (nSPS) is 18.5. The lowest BCUT2D eigenvalue weighted by Gasteiger charge is -2.22. The van der Waals surface area contributed by atoms with Crippen LogP contribution in [-0.2, 0) is 0 Å². The molecule has 5 heteroatoms. The average molecular weight is 275 g/mol. The standard InChI is InChI=1S/C15H21N3O2/c16-14(19)12-3-5-13(6-4-12)15(20)18-9-7-11-2-1-8-17-10-11/h3-6,11,17H,1-2,7-10H2,(H2,16,19)(H,18,20). The SMILES string of the molecule is NC(=O)c1ccc(C(=O)NCCC2CCCNC2)cc1. The first-order chi connectivity index (χ1) is 9.66. The van der Waals surface area contributed by atoms with E-state index < -0.39 is 5.91 Å². The maximum atomic E-state index is 11.9. The first kappa shape index (κ1) is 14.5. The molecule has 0 bridgehead atoms. The van der Waals surface area contributed by atoms with Gasteiger partial charge in [-0.05, 0) is 62.5 Å². The number of nitrogens with one attached hydrogen (secondary N) is 2. The molecule has 2 rings (SSSR count). The van der Waals surface area contributed by atoms with E-state index in [1.807, 2.05) is 0 Å². The summed E-state index contributed by atoms with van der Waals surface area (Å²) in [6.45, 7) is 2.83. The molecule has 0 aromatic heterocycles. The topological polar surface area (TPSA) is 84.2 Å². The van der Waals surface area contributed by atoms with Gasteiger partial charge in [0.25, 0.3) is 5.91 Å². The maximum Gasteiger partial charge on any atom is 0.251 e. The van der Waals surface area contributed by atoms with Crippen molar-refractivity contribution in [3.05, 3.63) is 35.4 Å². The van der Waals surface area contributed by atoms with Gasteiger partial charge < -0.3 is 16.4 Å². The molecule has 0 aliphatic carbocycles. The lowest BCUT2D eigenvalue weighted by atomic mass is 9.96. The Bertz CT molecular complexity index is 465. The summed E-state index contributed by atoms with van der Waals surface area (Å²) in [5, 5.41) is 6.28. The predicted octanol–water partition coefficient (Wildman–Crippen LogP) is 0.905. The Labute approximate surface area is 118 Å². The quantitative estimate of drug-likeness (QED) is 0.746. The first-order valence-electron chi connectivity index (χ1n) is 7.05. The van der Waals surface area contributed by atoms with Crippen molar-refractivity contribution in [2.75, 3.05) is 19.6 Å². The van der Waals surface area contributed by atoms with E-state index in [4.69, 9.17) is 5.73 Å². The largest absolute Gasteiger partial charge is 0.366 e. The van der Waals surface area contributed by atoms with Crippen molar-refractivity contribution in [2.45, 2.75) is 19.3 Å². The zero-order valence-corrected chi connectivity index (χ0v) is 11.5. The summed E-state index contributed by atoms with van der Waals surface area (Å²) >= 11 is 0. The predicted molar refractivity (Wildman–Crippen MR) is 77.5 cm³/mol. The van der Waals surface area contributed by atoms with Crippen LogP contribution in [0.25, 0.3) is 0 Å². The maximum absolute atomic E-state index is 11.9. The third-order valence-corrected chi connectivity index (χ3v) is 3.67. The van der Waals surface area contributed by atoms with Gasteiger partial charge in [0.15, 0.2) is 0 Å². The number of carbonyl (C=O) groups excluding carboxylic acids is 2. The Morgan fingerprint density at radius 2 is 1.95 bits per heavy atom. The van der Waals surface area contributed by atoms with Gasteiger partial charge in [-0.15, -0.1) is 0 Å². The van der Waals surface area contributed by atoms with Crippen LogP contribution in [0.4, 0.5) is 0 Å². The first-order valence-corrected chi connectivity index (χ1v) is 7.05. The molecular weight excluding hydrogens is 254 g/mol. The molecule has 2 amide bonds. The molecule has 1 saturated heterocycles. The van der Waals surface area contributed by atoms with E-state index in [1.165, 1.54) is 12.8 Å². The highest BCUT2D eigenvalue weighted by atomic mass is 16.2. The van der Waals surface area contributed by atoms with Gasteiger partial charge in [-0.1, -0.05) is 0 Å². The molecule has 0 saturated carbocycles. The molecule has 4 N–H and O–H groups in total. The Balaban J connectivity index is 1.77. The summed E-state index contributed by atoms with van der Waals surface area (Å²) in [5.41, 5.74) is 6.12. The van der Waals surface area contributed by atoms with Crippen molar-refractivity contribution in [1.29, 1.82) is 0 Å². The van der Waals surface area contributed by atoms with E-state index in [0.717, 1.165) is 19.5 Å². The van der Waals surface area contributed by atoms with Crippen molar-refractivity contribution < 1.29 is 9.59 Å². The second-order valence-corrected chi connectivity index (χ2v) is 5.20. The fourth-order valence-corrected chi connectivity index (χ4v) is 2.45. The molecule has 1 fully saturated rings. The zero-order chi connectivity index (χ0) is 14.4. The third kappa shape index (κ3) is 4.06. The van der Waals surface area contributed by atoms with Gasteiger partial charge in [-0.2, -0.15) is 0 Å². The molecule has 20 heavy (non-hydrogen) atoms. The highest BCUT2D eigenvalue weighted by Gasteiger charge is 2.13. The Morgan fingerprint density at radius 3 is 2.55 bits per heavy atom. The molecule has 1 unspecified atom stereocenters. The summed E-state index contributed by atoms with van der Waals surface area (Å²) in [6.07, 6.45) is 3.45. The number of primary amides is 1. The number of hydrogen-bond donors (Lipinski definition) is 3. The Morgan fingerprint density at radius 1 is 1.25 bits per heavy atom. The van der Waals surface area contributed by atoms with Gasteiger partial charge in [0, 0.05) is 17.7 Å². The van der Waals surface area contributed by atoms with Crippen molar-refractivity contribution in [3.8, 4) is 0 Å². The lowest BCUT2D eigenvalue weighted by molar-refractivity contribution is 0.0948.